The summed E-state index contributed by atoms with van der Waals surface area (Å²) in [5.41, 5.74) is 1.16. The van der Waals surface area contributed by atoms with Crippen molar-refractivity contribution in [3.8, 4) is 5.75 Å². The number of nitrogens with one attached hydrogen (secondary N) is 2. The fraction of sp³-hybridized carbons (Fsp3) is 0.0435. The third kappa shape index (κ3) is 3.53. The monoisotopic (exact) mass is 480 g/mol. The highest BCUT2D eigenvalue weighted by Crippen LogP contribution is 2.41. The van der Waals surface area contributed by atoms with Crippen molar-refractivity contribution in [3.63, 3.8) is 0 Å². The van der Waals surface area contributed by atoms with Crippen molar-refractivity contribution in [2.24, 2.45) is 0 Å². The lowest BCUT2D eigenvalue weighted by Crippen LogP contribution is -2.14. The molecule has 0 atom stereocenters. The molecule has 10 heteroatoms. The quantitative estimate of drug-likeness (QED) is 0.240. The van der Waals surface area contributed by atoms with Gasteiger partial charge in [-0.25, -0.2) is 8.42 Å². The number of carbonyl (C=O) groups is 2. The van der Waals surface area contributed by atoms with Crippen LogP contribution in [0.5, 0.6) is 5.75 Å². The predicted molar refractivity (Wildman–Crippen MR) is 127 cm³/mol. The fourth-order valence-electron chi connectivity index (χ4n) is 3.97. The Balaban J connectivity index is 1.65. The van der Waals surface area contributed by atoms with Crippen molar-refractivity contribution in [3.05, 3.63) is 66.2 Å². The zero-order valence-corrected chi connectivity index (χ0v) is 18.5. The molecule has 33 heavy (non-hydrogen) atoms. The van der Waals surface area contributed by atoms with Gasteiger partial charge in [0.2, 0.25) is 0 Å². The van der Waals surface area contributed by atoms with Gasteiger partial charge < -0.3 is 15.5 Å². The molecular weight excluding hydrogens is 464 g/mol. The average Bonchev–Trinajstić information content (AvgIpc) is 3.12. The Labute approximate surface area is 192 Å². The van der Waals surface area contributed by atoms with Gasteiger partial charge in [0.1, 0.15) is 5.75 Å². The zero-order valence-electron chi connectivity index (χ0n) is 16.8. The van der Waals surface area contributed by atoms with Crippen LogP contribution in [0.3, 0.4) is 0 Å². The molecule has 4 N–H and O–H groups in total. The molecule has 1 heterocycles. The number of aliphatic carboxylic acids is 1. The summed E-state index contributed by atoms with van der Waals surface area (Å²) in [6, 6.07) is 16.0. The fourth-order valence-corrected chi connectivity index (χ4v) is 5.97. The van der Waals surface area contributed by atoms with E-state index < -0.39 is 16.0 Å². The molecule has 5 rings (SSSR count). The molecule has 4 aromatic carbocycles. The topological polar surface area (TPSA) is 133 Å². The van der Waals surface area contributed by atoms with E-state index in [2.05, 4.69) is 10.0 Å². The maximum absolute atomic E-state index is 13.5. The normalized spacial score (nSPS) is 12.8. The third-order valence-corrected chi connectivity index (χ3v) is 7.80. The number of carboxylic acid groups (broad SMARTS) is 1. The van der Waals surface area contributed by atoms with Gasteiger partial charge in [-0.1, -0.05) is 36.4 Å². The van der Waals surface area contributed by atoms with Gasteiger partial charge in [0.15, 0.2) is 0 Å². The number of phenols is 1. The second-order valence-corrected chi connectivity index (χ2v) is 10.1. The van der Waals surface area contributed by atoms with Crippen molar-refractivity contribution in [1.29, 1.82) is 0 Å². The molecule has 0 radical (unpaired) electrons. The number of rotatable bonds is 6. The van der Waals surface area contributed by atoms with Crippen LogP contribution in [0.2, 0.25) is 0 Å². The Kier molecular flexibility index (Phi) is 4.91. The second kappa shape index (κ2) is 7.68. The Morgan fingerprint density at radius 1 is 1.00 bits per heavy atom. The van der Waals surface area contributed by atoms with E-state index in [1.54, 1.807) is 48.5 Å². The first-order chi connectivity index (χ1) is 15.8. The van der Waals surface area contributed by atoms with Crippen LogP contribution in [0.4, 0.5) is 11.4 Å². The van der Waals surface area contributed by atoms with E-state index in [0.29, 0.717) is 32.8 Å². The van der Waals surface area contributed by atoms with E-state index in [4.69, 9.17) is 5.11 Å². The number of phenolic OH excluding ortho intramolecular Hbond substituents is 1. The minimum Gasteiger partial charge on any atom is -0.506 e. The molecule has 1 aliphatic heterocycles. The molecule has 166 valence electrons. The molecule has 4 aromatic rings. The molecule has 0 fully saturated rings. The van der Waals surface area contributed by atoms with Gasteiger partial charge >= 0.3 is 5.97 Å². The number of sulfonamides is 1. The van der Waals surface area contributed by atoms with Crippen LogP contribution in [0.15, 0.2) is 70.5 Å². The van der Waals surface area contributed by atoms with Gasteiger partial charge in [-0.15, -0.1) is 11.8 Å². The molecule has 0 unspecified atom stereocenters. The highest BCUT2D eigenvalue weighted by atomic mass is 32.2. The van der Waals surface area contributed by atoms with E-state index in [-0.39, 0.29) is 32.9 Å². The average molecular weight is 481 g/mol. The summed E-state index contributed by atoms with van der Waals surface area (Å²) in [7, 11) is -4.11. The largest absolute Gasteiger partial charge is 0.506 e. The van der Waals surface area contributed by atoms with Crippen LogP contribution >= 0.6 is 11.8 Å². The molecule has 1 aliphatic rings. The number of hydrogen-bond donors (Lipinski definition) is 4. The van der Waals surface area contributed by atoms with Crippen LogP contribution in [-0.2, 0) is 14.8 Å². The lowest BCUT2D eigenvalue weighted by atomic mass is 10.1. The molecule has 0 bridgehead atoms. The van der Waals surface area contributed by atoms with Crippen LogP contribution in [-0.4, -0.2) is 36.3 Å². The smallest absolute Gasteiger partial charge is 0.313 e. The Morgan fingerprint density at radius 2 is 1.73 bits per heavy atom. The van der Waals surface area contributed by atoms with Crippen molar-refractivity contribution < 1.29 is 28.2 Å². The lowest BCUT2D eigenvalue weighted by Gasteiger charge is -2.15. The van der Waals surface area contributed by atoms with Crippen molar-refractivity contribution >= 4 is 66.6 Å². The molecule has 0 saturated heterocycles. The molecule has 0 spiro atoms. The zero-order chi connectivity index (χ0) is 23.3. The van der Waals surface area contributed by atoms with Gasteiger partial charge in [-0.3, -0.25) is 14.3 Å². The van der Waals surface area contributed by atoms with Gasteiger partial charge in [0.05, 0.1) is 21.2 Å². The van der Waals surface area contributed by atoms with Crippen molar-refractivity contribution in [2.75, 3.05) is 15.8 Å². The first-order valence-corrected chi connectivity index (χ1v) is 12.2. The highest BCUT2D eigenvalue weighted by molar-refractivity contribution is 8.00. The van der Waals surface area contributed by atoms with Gasteiger partial charge in [0.25, 0.3) is 15.9 Å². The number of fused-ring (bicyclic) bond motifs is 1. The maximum Gasteiger partial charge on any atom is 0.313 e. The summed E-state index contributed by atoms with van der Waals surface area (Å²) in [5, 5.41) is 24.1. The number of carbonyl (C=O) groups excluding carboxylic acids is 1. The van der Waals surface area contributed by atoms with E-state index in [9.17, 15) is 23.1 Å². The summed E-state index contributed by atoms with van der Waals surface area (Å²) in [4.78, 5) is 23.4. The number of carboxylic acids is 1. The standard InChI is InChI=1S/C23H16N2O6S2/c26-20(27)11-32-18-10-17(12-4-1-2-5-13(12)22(18)28)25-33(30,31)19-9-8-16-21-14(19)6-3-7-15(21)23(29)24-16/h1-10,25,28H,11H2,(H,24,29)(H,26,27). The summed E-state index contributed by atoms with van der Waals surface area (Å²) < 4.78 is 29.5. The lowest BCUT2D eigenvalue weighted by molar-refractivity contribution is -0.133. The number of hydrogen-bond acceptors (Lipinski definition) is 6. The number of thioether (sulfide) groups is 1. The van der Waals surface area contributed by atoms with Crippen molar-refractivity contribution in [1.82, 2.24) is 0 Å². The third-order valence-electron chi connectivity index (χ3n) is 5.36. The summed E-state index contributed by atoms with van der Waals surface area (Å²) in [6.45, 7) is 0. The van der Waals surface area contributed by atoms with Crippen LogP contribution < -0.4 is 10.0 Å². The molecule has 0 aromatic heterocycles. The van der Waals surface area contributed by atoms with E-state index in [0.717, 1.165) is 11.8 Å². The minimum atomic E-state index is -4.11. The molecule has 0 aliphatic carbocycles. The Bertz CT molecular complexity index is 1600. The maximum atomic E-state index is 13.5. The number of benzene rings is 4. The minimum absolute atomic E-state index is 0.00325. The molecular formula is C23H16N2O6S2. The SMILES string of the molecule is O=C(O)CSc1cc(NS(=O)(=O)c2ccc3c4c(cccc24)C(=O)N3)c2ccccc2c1O. The highest BCUT2D eigenvalue weighted by Gasteiger charge is 2.27. The van der Waals surface area contributed by atoms with Gasteiger partial charge in [-0.2, -0.15) is 0 Å². The Hall–Kier alpha value is -3.76. The van der Waals surface area contributed by atoms with E-state index >= 15 is 0 Å². The van der Waals surface area contributed by atoms with E-state index in [1.165, 1.54) is 12.1 Å². The molecule has 1 amide bonds. The predicted octanol–water partition coefficient (Wildman–Crippen LogP) is 4.24. The summed E-state index contributed by atoms with van der Waals surface area (Å²) >= 11 is 0.891. The number of anilines is 2. The van der Waals surface area contributed by atoms with Crippen LogP contribution in [0.25, 0.3) is 21.5 Å². The molecule has 0 saturated carbocycles. The van der Waals surface area contributed by atoms with Gasteiger partial charge in [-0.05, 0) is 24.3 Å². The summed E-state index contributed by atoms with van der Waals surface area (Å²) in [6.07, 6.45) is 0. The van der Waals surface area contributed by atoms with Crippen LogP contribution in [0, 0.1) is 0 Å². The second-order valence-electron chi connectivity index (χ2n) is 7.40. The summed E-state index contributed by atoms with van der Waals surface area (Å²) in [5.74, 6) is -1.77. The molecule has 8 nitrogen and oxygen atoms in total. The van der Waals surface area contributed by atoms with Crippen LogP contribution in [0.1, 0.15) is 10.4 Å². The van der Waals surface area contributed by atoms with Gasteiger partial charge in [0, 0.05) is 32.8 Å². The first-order valence-electron chi connectivity index (χ1n) is 9.75. The Morgan fingerprint density at radius 3 is 2.48 bits per heavy atom. The van der Waals surface area contributed by atoms with E-state index in [1.807, 2.05) is 0 Å². The first kappa shape index (κ1) is 21.1. The van der Waals surface area contributed by atoms with Crippen molar-refractivity contribution in [2.45, 2.75) is 9.79 Å². The number of amides is 1. The number of aromatic hydroxyl groups is 1.